The Morgan fingerprint density at radius 1 is 1.28 bits per heavy atom. The fourth-order valence-electron chi connectivity index (χ4n) is 2.62. The summed E-state index contributed by atoms with van der Waals surface area (Å²) in [6.45, 7) is 4.64. The van der Waals surface area contributed by atoms with Gasteiger partial charge in [0.15, 0.2) is 0 Å². The van der Waals surface area contributed by atoms with Gasteiger partial charge in [-0.1, -0.05) is 12.1 Å². The van der Waals surface area contributed by atoms with Crippen LogP contribution in [0.4, 0.5) is 0 Å². The third-order valence-electron chi connectivity index (χ3n) is 3.72. The van der Waals surface area contributed by atoms with E-state index in [1.54, 1.807) is 12.1 Å². The lowest BCUT2D eigenvalue weighted by atomic mass is 10.0. The van der Waals surface area contributed by atoms with E-state index in [0.29, 0.717) is 17.8 Å². The van der Waals surface area contributed by atoms with Crippen molar-refractivity contribution in [3.63, 3.8) is 0 Å². The first-order chi connectivity index (χ1) is 8.63. The molecule has 1 unspecified atom stereocenters. The predicted molar refractivity (Wildman–Crippen MR) is 74.9 cm³/mol. The number of piperidine rings is 1. The molecular formula is C15H24N2O. The van der Waals surface area contributed by atoms with Gasteiger partial charge in [0, 0.05) is 12.1 Å². The highest BCUT2D eigenvalue weighted by Crippen LogP contribution is 2.13. The van der Waals surface area contributed by atoms with Gasteiger partial charge in [0.25, 0.3) is 0 Å². The van der Waals surface area contributed by atoms with Crippen LogP contribution in [0.1, 0.15) is 25.3 Å². The lowest BCUT2D eigenvalue weighted by Gasteiger charge is -2.31. The summed E-state index contributed by atoms with van der Waals surface area (Å²) in [5, 5.41) is 13.0. The molecule has 0 aromatic heterocycles. The molecule has 1 heterocycles. The van der Waals surface area contributed by atoms with Crippen LogP contribution in [0.25, 0.3) is 0 Å². The average Bonchev–Trinajstić information content (AvgIpc) is 2.35. The summed E-state index contributed by atoms with van der Waals surface area (Å²) in [5.41, 5.74) is 1.28. The summed E-state index contributed by atoms with van der Waals surface area (Å²) in [7, 11) is 2.19. The Morgan fingerprint density at radius 3 is 2.50 bits per heavy atom. The Kier molecular flexibility index (Phi) is 4.61. The fraction of sp³-hybridized carbons (Fsp3) is 0.600. The number of rotatable bonds is 4. The zero-order chi connectivity index (χ0) is 13.0. The molecule has 2 rings (SSSR count). The van der Waals surface area contributed by atoms with E-state index in [2.05, 4.69) is 24.2 Å². The number of phenolic OH excluding ortho intramolecular Hbond substituents is 1. The van der Waals surface area contributed by atoms with Crippen LogP contribution in [-0.4, -0.2) is 42.2 Å². The maximum atomic E-state index is 9.26. The molecule has 0 saturated carbocycles. The van der Waals surface area contributed by atoms with Gasteiger partial charge in [-0.15, -0.1) is 0 Å². The van der Waals surface area contributed by atoms with E-state index in [9.17, 15) is 5.11 Å². The van der Waals surface area contributed by atoms with Crippen LogP contribution < -0.4 is 5.32 Å². The van der Waals surface area contributed by atoms with Crippen molar-refractivity contribution in [2.75, 3.05) is 20.1 Å². The molecular weight excluding hydrogens is 224 g/mol. The second-order valence-corrected chi connectivity index (χ2v) is 5.52. The third-order valence-corrected chi connectivity index (χ3v) is 3.72. The lowest BCUT2D eigenvalue weighted by Crippen LogP contribution is -2.44. The highest BCUT2D eigenvalue weighted by Gasteiger charge is 2.18. The minimum atomic E-state index is 0.342. The Labute approximate surface area is 110 Å². The van der Waals surface area contributed by atoms with Crippen LogP contribution >= 0.6 is 0 Å². The van der Waals surface area contributed by atoms with Gasteiger partial charge in [0.1, 0.15) is 5.75 Å². The number of nitrogens with one attached hydrogen (secondary N) is 1. The van der Waals surface area contributed by atoms with Crippen molar-refractivity contribution < 1.29 is 5.11 Å². The van der Waals surface area contributed by atoms with Gasteiger partial charge in [-0.2, -0.15) is 0 Å². The molecule has 1 aliphatic heterocycles. The quantitative estimate of drug-likeness (QED) is 0.855. The lowest BCUT2D eigenvalue weighted by molar-refractivity contribution is 0.226. The molecule has 1 aromatic rings. The first-order valence-corrected chi connectivity index (χ1v) is 6.86. The van der Waals surface area contributed by atoms with Crippen molar-refractivity contribution >= 4 is 0 Å². The molecule has 1 atom stereocenters. The third kappa shape index (κ3) is 4.00. The molecule has 0 aliphatic carbocycles. The fourth-order valence-corrected chi connectivity index (χ4v) is 2.62. The summed E-state index contributed by atoms with van der Waals surface area (Å²) in [6, 6.07) is 8.68. The van der Waals surface area contributed by atoms with Crippen molar-refractivity contribution in [3.05, 3.63) is 29.8 Å². The number of hydrogen-bond donors (Lipinski definition) is 2. The van der Waals surface area contributed by atoms with Crippen LogP contribution in [0.15, 0.2) is 24.3 Å². The minimum absolute atomic E-state index is 0.342. The molecule has 0 spiro atoms. The first kappa shape index (κ1) is 13.4. The summed E-state index contributed by atoms with van der Waals surface area (Å²) in [5.74, 6) is 0.342. The zero-order valence-corrected chi connectivity index (χ0v) is 11.4. The Bertz CT molecular complexity index is 355. The van der Waals surface area contributed by atoms with Crippen LogP contribution in [0.5, 0.6) is 5.75 Å². The van der Waals surface area contributed by atoms with Crippen molar-refractivity contribution in [1.29, 1.82) is 0 Å². The molecule has 1 aliphatic rings. The number of hydrogen-bond acceptors (Lipinski definition) is 3. The zero-order valence-electron chi connectivity index (χ0n) is 11.4. The number of phenols is 1. The monoisotopic (exact) mass is 248 g/mol. The van der Waals surface area contributed by atoms with Gasteiger partial charge in [-0.05, 0) is 64.0 Å². The Balaban J connectivity index is 1.78. The Hall–Kier alpha value is -1.06. The van der Waals surface area contributed by atoms with E-state index < -0.39 is 0 Å². The number of nitrogens with zero attached hydrogens (tertiary/aromatic N) is 1. The van der Waals surface area contributed by atoms with Gasteiger partial charge in [0.05, 0.1) is 0 Å². The summed E-state index contributed by atoms with van der Waals surface area (Å²) < 4.78 is 0. The van der Waals surface area contributed by atoms with Gasteiger partial charge in [-0.3, -0.25) is 0 Å². The van der Waals surface area contributed by atoms with Crippen molar-refractivity contribution in [1.82, 2.24) is 10.2 Å². The molecule has 1 aromatic carbocycles. The topological polar surface area (TPSA) is 35.5 Å². The smallest absolute Gasteiger partial charge is 0.115 e. The van der Waals surface area contributed by atoms with Gasteiger partial charge >= 0.3 is 0 Å². The number of aromatic hydroxyl groups is 1. The van der Waals surface area contributed by atoms with E-state index >= 15 is 0 Å². The molecule has 0 bridgehead atoms. The predicted octanol–water partition coefficient (Wildman–Crippen LogP) is 2.01. The molecule has 18 heavy (non-hydrogen) atoms. The average molecular weight is 248 g/mol. The normalized spacial score (nSPS) is 19.9. The van der Waals surface area contributed by atoms with E-state index in [-0.39, 0.29) is 0 Å². The number of benzene rings is 1. The summed E-state index contributed by atoms with van der Waals surface area (Å²) in [6.07, 6.45) is 3.51. The second-order valence-electron chi connectivity index (χ2n) is 5.52. The van der Waals surface area contributed by atoms with Gasteiger partial charge in [0.2, 0.25) is 0 Å². The molecule has 100 valence electrons. The SMILES string of the molecule is CC(Cc1ccc(O)cc1)NC1CCN(C)CC1. The highest BCUT2D eigenvalue weighted by molar-refractivity contribution is 5.26. The highest BCUT2D eigenvalue weighted by atomic mass is 16.3. The second kappa shape index (κ2) is 6.21. The molecule has 1 saturated heterocycles. The summed E-state index contributed by atoms with van der Waals surface area (Å²) >= 11 is 0. The maximum absolute atomic E-state index is 9.26. The molecule has 2 N–H and O–H groups in total. The molecule has 0 amide bonds. The van der Waals surface area contributed by atoms with Crippen LogP contribution in [0, 0.1) is 0 Å². The van der Waals surface area contributed by atoms with Crippen LogP contribution in [-0.2, 0) is 6.42 Å². The molecule has 3 heteroatoms. The van der Waals surface area contributed by atoms with Crippen LogP contribution in [0.2, 0.25) is 0 Å². The van der Waals surface area contributed by atoms with Crippen molar-refractivity contribution in [2.45, 2.75) is 38.3 Å². The van der Waals surface area contributed by atoms with Crippen LogP contribution in [0.3, 0.4) is 0 Å². The van der Waals surface area contributed by atoms with E-state index in [0.717, 1.165) is 6.42 Å². The largest absolute Gasteiger partial charge is 0.508 e. The molecule has 3 nitrogen and oxygen atoms in total. The van der Waals surface area contributed by atoms with Gasteiger partial charge in [-0.25, -0.2) is 0 Å². The minimum Gasteiger partial charge on any atom is -0.508 e. The Morgan fingerprint density at radius 2 is 1.89 bits per heavy atom. The summed E-state index contributed by atoms with van der Waals surface area (Å²) in [4.78, 5) is 2.39. The maximum Gasteiger partial charge on any atom is 0.115 e. The van der Waals surface area contributed by atoms with E-state index in [1.165, 1.54) is 31.5 Å². The van der Waals surface area contributed by atoms with Crippen molar-refractivity contribution in [2.24, 2.45) is 0 Å². The standard InChI is InChI=1S/C15H24N2O/c1-12(11-13-3-5-15(18)6-4-13)16-14-7-9-17(2)10-8-14/h3-6,12,14,16,18H,7-11H2,1-2H3. The molecule has 0 radical (unpaired) electrons. The van der Waals surface area contributed by atoms with Crippen molar-refractivity contribution in [3.8, 4) is 5.75 Å². The molecule has 1 fully saturated rings. The van der Waals surface area contributed by atoms with E-state index in [1.807, 2.05) is 12.1 Å². The first-order valence-electron chi connectivity index (χ1n) is 6.86. The van der Waals surface area contributed by atoms with E-state index in [4.69, 9.17) is 0 Å². The number of likely N-dealkylation sites (tertiary alicyclic amines) is 1. The van der Waals surface area contributed by atoms with Gasteiger partial charge < -0.3 is 15.3 Å².